The van der Waals surface area contributed by atoms with Crippen molar-refractivity contribution in [3.8, 4) is 0 Å². The largest absolute Gasteiger partial charge is 0.361 e. The van der Waals surface area contributed by atoms with Crippen molar-refractivity contribution in [2.45, 2.75) is 32.7 Å². The molecular weight excluding hydrogens is 194 g/mol. The number of nitrogens with one attached hydrogen (secondary N) is 1. The van der Waals surface area contributed by atoms with Crippen LogP contribution in [0.25, 0.3) is 0 Å². The topological polar surface area (TPSA) is 81.2 Å². The number of carbonyl (C=O) groups excluding carboxylic acids is 1. The lowest BCUT2D eigenvalue weighted by Crippen LogP contribution is -2.45. The normalized spacial score (nSPS) is 11.5. The first kappa shape index (κ1) is 11.7. The molecule has 0 spiro atoms. The Labute approximate surface area is 89.0 Å². The van der Waals surface area contributed by atoms with Crippen molar-refractivity contribution in [1.29, 1.82) is 0 Å². The maximum absolute atomic E-state index is 11.5. The standard InChI is InChI=1S/C10H17N3O2/c1-4-7-5-8(13-15-7)9(14)12-6-10(2,3)11/h5H,4,6,11H2,1-3H3,(H,12,14). The third-order valence-corrected chi connectivity index (χ3v) is 1.84. The molecule has 0 saturated carbocycles. The fourth-order valence-electron chi connectivity index (χ4n) is 0.985. The molecule has 84 valence electrons. The summed E-state index contributed by atoms with van der Waals surface area (Å²) in [5.74, 6) is 0.448. The molecule has 0 unspecified atom stereocenters. The Morgan fingerprint density at radius 1 is 1.67 bits per heavy atom. The monoisotopic (exact) mass is 211 g/mol. The van der Waals surface area contributed by atoms with Crippen LogP contribution in [0, 0.1) is 0 Å². The summed E-state index contributed by atoms with van der Waals surface area (Å²) in [6, 6.07) is 1.64. The minimum Gasteiger partial charge on any atom is -0.361 e. The van der Waals surface area contributed by atoms with Crippen molar-refractivity contribution in [1.82, 2.24) is 10.5 Å². The van der Waals surface area contributed by atoms with Gasteiger partial charge in [-0.05, 0) is 13.8 Å². The molecule has 0 aliphatic carbocycles. The third-order valence-electron chi connectivity index (χ3n) is 1.84. The summed E-state index contributed by atoms with van der Waals surface area (Å²) in [4.78, 5) is 11.5. The van der Waals surface area contributed by atoms with Crippen molar-refractivity contribution >= 4 is 5.91 Å². The van der Waals surface area contributed by atoms with Gasteiger partial charge in [0, 0.05) is 24.6 Å². The minimum atomic E-state index is -0.424. The smallest absolute Gasteiger partial charge is 0.273 e. The van der Waals surface area contributed by atoms with E-state index in [-0.39, 0.29) is 5.91 Å². The summed E-state index contributed by atoms with van der Waals surface area (Å²) in [5.41, 5.74) is 5.61. The van der Waals surface area contributed by atoms with E-state index in [1.807, 2.05) is 20.8 Å². The average Bonchev–Trinajstić information content (AvgIpc) is 2.61. The highest BCUT2D eigenvalue weighted by Crippen LogP contribution is 2.04. The summed E-state index contributed by atoms with van der Waals surface area (Å²) in [7, 11) is 0. The second-order valence-electron chi connectivity index (χ2n) is 4.20. The lowest BCUT2D eigenvalue weighted by atomic mass is 10.1. The number of aromatic nitrogens is 1. The van der Waals surface area contributed by atoms with Crippen molar-refractivity contribution in [3.05, 3.63) is 17.5 Å². The molecule has 15 heavy (non-hydrogen) atoms. The SMILES string of the molecule is CCc1cc(C(=O)NCC(C)(C)N)no1. The van der Waals surface area contributed by atoms with Gasteiger partial charge in [-0.15, -0.1) is 0 Å². The van der Waals surface area contributed by atoms with Crippen LogP contribution in [0.15, 0.2) is 10.6 Å². The molecule has 0 saturated heterocycles. The maximum Gasteiger partial charge on any atom is 0.273 e. The predicted octanol–water partition coefficient (Wildman–Crippen LogP) is 0.704. The third kappa shape index (κ3) is 3.71. The minimum absolute atomic E-state index is 0.253. The van der Waals surface area contributed by atoms with Gasteiger partial charge in [0.25, 0.3) is 5.91 Å². The van der Waals surface area contributed by atoms with Crippen molar-refractivity contribution < 1.29 is 9.32 Å². The van der Waals surface area contributed by atoms with Crippen LogP contribution in [-0.4, -0.2) is 23.1 Å². The summed E-state index contributed by atoms with van der Waals surface area (Å²) in [6.45, 7) is 6.02. The number of rotatable bonds is 4. The first-order valence-corrected chi connectivity index (χ1v) is 4.95. The molecule has 1 heterocycles. The van der Waals surface area contributed by atoms with Crippen LogP contribution in [0.5, 0.6) is 0 Å². The van der Waals surface area contributed by atoms with E-state index in [1.165, 1.54) is 0 Å². The van der Waals surface area contributed by atoms with E-state index in [1.54, 1.807) is 6.07 Å². The first-order chi connectivity index (χ1) is 6.92. The predicted molar refractivity (Wildman–Crippen MR) is 56.5 cm³/mol. The van der Waals surface area contributed by atoms with E-state index < -0.39 is 5.54 Å². The quantitative estimate of drug-likeness (QED) is 0.768. The van der Waals surface area contributed by atoms with E-state index in [2.05, 4.69) is 10.5 Å². The number of amides is 1. The Balaban J connectivity index is 2.54. The van der Waals surface area contributed by atoms with Gasteiger partial charge in [-0.1, -0.05) is 12.1 Å². The fourth-order valence-corrected chi connectivity index (χ4v) is 0.985. The van der Waals surface area contributed by atoms with Gasteiger partial charge in [0.05, 0.1) is 0 Å². The van der Waals surface area contributed by atoms with Gasteiger partial charge in [-0.25, -0.2) is 0 Å². The zero-order chi connectivity index (χ0) is 11.5. The fraction of sp³-hybridized carbons (Fsp3) is 0.600. The van der Waals surface area contributed by atoms with Crippen LogP contribution in [0.2, 0.25) is 0 Å². The molecule has 0 fully saturated rings. The second kappa shape index (κ2) is 4.44. The molecule has 1 aromatic rings. The number of hydrogen-bond acceptors (Lipinski definition) is 4. The van der Waals surface area contributed by atoms with Crippen molar-refractivity contribution in [2.24, 2.45) is 5.73 Å². The molecule has 5 nitrogen and oxygen atoms in total. The van der Waals surface area contributed by atoms with Gasteiger partial charge < -0.3 is 15.6 Å². The Morgan fingerprint density at radius 2 is 2.33 bits per heavy atom. The van der Waals surface area contributed by atoms with Crippen molar-refractivity contribution in [3.63, 3.8) is 0 Å². The Morgan fingerprint density at radius 3 is 2.80 bits per heavy atom. The Hall–Kier alpha value is -1.36. The zero-order valence-corrected chi connectivity index (χ0v) is 9.33. The van der Waals surface area contributed by atoms with Gasteiger partial charge >= 0.3 is 0 Å². The number of nitrogens with two attached hydrogens (primary N) is 1. The molecule has 0 aliphatic rings. The molecule has 0 aliphatic heterocycles. The highest BCUT2D eigenvalue weighted by molar-refractivity contribution is 5.92. The van der Waals surface area contributed by atoms with Gasteiger partial charge in [0.15, 0.2) is 5.69 Å². The lowest BCUT2D eigenvalue weighted by Gasteiger charge is -2.18. The summed E-state index contributed by atoms with van der Waals surface area (Å²) >= 11 is 0. The summed E-state index contributed by atoms with van der Waals surface area (Å²) in [6.07, 6.45) is 0.725. The maximum atomic E-state index is 11.5. The highest BCUT2D eigenvalue weighted by atomic mass is 16.5. The Bertz CT molecular complexity index is 339. The Kier molecular flexibility index (Phi) is 3.47. The highest BCUT2D eigenvalue weighted by Gasteiger charge is 2.15. The molecule has 1 aromatic heterocycles. The number of carbonyl (C=O) groups is 1. The first-order valence-electron chi connectivity index (χ1n) is 4.95. The van der Waals surface area contributed by atoms with Crippen LogP contribution in [0.4, 0.5) is 0 Å². The van der Waals surface area contributed by atoms with Gasteiger partial charge in [-0.2, -0.15) is 0 Å². The molecule has 3 N–H and O–H groups in total. The molecule has 0 radical (unpaired) electrons. The molecule has 0 aromatic carbocycles. The van der Waals surface area contributed by atoms with Gasteiger partial charge in [-0.3, -0.25) is 4.79 Å². The molecule has 5 heteroatoms. The van der Waals surface area contributed by atoms with Crippen LogP contribution in [0.3, 0.4) is 0 Å². The van der Waals surface area contributed by atoms with E-state index in [9.17, 15) is 4.79 Å². The average molecular weight is 211 g/mol. The van der Waals surface area contributed by atoms with Crippen LogP contribution in [-0.2, 0) is 6.42 Å². The van der Waals surface area contributed by atoms with E-state index in [0.29, 0.717) is 18.0 Å². The number of nitrogens with zero attached hydrogens (tertiary/aromatic N) is 1. The van der Waals surface area contributed by atoms with Crippen molar-refractivity contribution in [2.75, 3.05) is 6.54 Å². The van der Waals surface area contributed by atoms with E-state index in [0.717, 1.165) is 6.42 Å². The molecule has 0 bridgehead atoms. The molecule has 1 rings (SSSR count). The van der Waals surface area contributed by atoms with Crippen LogP contribution < -0.4 is 11.1 Å². The summed E-state index contributed by atoms with van der Waals surface area (Å²) < 4.78 is 4.92. The van der Waals surface area contributed by atoms with Gasteiger partial charge in [0.1, 0.15) is 5.76 Å². The number of hydrogen-bond donors (Lipinski definition) is 2. The van der Waals surface area contributed by atoms with E-state index in [4.69, 9.17) is 10.3 Å². The van der Waals surface area contributed by atoms with Crippen LogP contribution in [0.1, 0.15) is 37.0 Å². The molecular formula is C10H17N3O2. The number of aryl methyl sites for hydroxylation is 1. The van der Waals surface area contributed by atoms with Crippen LogP contribution >= 0.6 is 0 Å². The lowest BCUT2D eigenvalue weighted by molar-refractivity contribution is 0.0937. The zero-order valence-electron chi connectivity index (χ0n) is 9.33. The van der Waals surface area contributed by atoms with E-state index >= 15 is 0 Å². The molecule has 1 amide bonds. The second-order valence-corrected chi connectivity index (χ2v) is 4.20. The summed E-state index contributed by atoms with van der Waals surface area (Å²) in [5, 5.41) is 6.35. The van der Waals surface area contributed by atoms with Gasteiger partial charge in [0.2, 0.25) is 0 Å². The molecule has 0 atom stereocenters.